The van der Waals surface area contributed by atoms with Gasteiger partial charge in [-0.1, -0.05) is 35.9 Å². The molecule has 0 aliphatic rings. The molecular formula is C17H19ClFN3O. The molecule has 4 nitrogen and oxygen atoms in total. The van der Waals surface area contributed by atoms with E-state index in [1.54, 1.807) is 13.2 Å². The van der Waals surface area contributed by atoms with Crippen molar-refractivity contribution in [3.05, 3.63) is 64.4 Å². The third kappa shape index (κ3) is 5.23. The number of rotatable bonds is 6. The van der Waals surface area contributed by atoms with Crippen molar-refractivity contribution >= 4 is 23.2 Å². The van der Waals surface area contributed by atoms with E-state index in [1.807, 2.05) is 24.3 Å². The Balaban J connectivity index is 1.95. The van der Waals surface area contributed by atoms with Gasteiger partial charge in [0.15, 0.2) is 5.96 Å². The van der Waals surface area contributed by atoms with Gasteiger partial charge in [0.1, 0.15) is 5.82 Å². The van der Waals surface area contributed by atoms with Gasteiger partial charge in [-0.05, 0) is 30.2 Å². The number of halogens is 2. The number of anilines is 1. The van der Waals surface area contributed by atoms with Crippen molar-refractivity contribution in [1.29, 1.82) is 0 Å². The molecule has 0 saturated heterocycles. The predicted molar refractivity (Wildman–Crippen MR) is 92.4 cm³/mol. The van der Waals surface area contributed by atoms with Gasteiger partial charge in [-0.15, -0.1) is 0 Å². The zero-order valence-corrected chi connectivity index (χ0v) is 13.6. The molecule has 0 aliphatic carbocycles. The molecule has 0 unspecified atom stereocenters. The largest absolute Gasteiger partial charge is 0.380 e. The Morgan fingerprint density at radius 3 is 2.78 bits per heavy atom. The minimum atomic E-state index is -0.349. The molecule has 0 spiro atoms. The summed E-state index contributed by atoms with van der Waals surface area (Å²) in [5.74, 6) is -0.0371. The monoisotopic (exact) mass is 335 g/mol. The number of nitrogens with two attached hydrogens (primary N) is 1. The Morgan fingerprint density at radius 1 is 1.26 bits per heavy atom. The van der Waals surface area contributed by atoms with Crippen LogP contribution in [-0.4, -0.2) is 19.6 Å². The first-order valence-electron chi connectivity index (χ1n) is 7.18. The maximum absolute atomic E-state index is 13.0. The Bertz CT molecular complexity index is 691. The second-order valence-corrected chi connectivity index (χ2v) is 5.38. The minimum Gasteiger partial charge on any atom is -0.380 e. The summed E-state index contributed by atoms with van der Waals surface area (Å²) in [5.41, 5.74) is 8.59. The average Bonchev–Trinajstić information content (AvgIpc) is 2.52. The van der Waals surface area contributed by atoms with Crippen LogP contribution in [0.1, 0.15) is 11.1 Å². The van der Waals surface area contributed by atoms with Crippen molar-refractivity contribution in [2.45, 2.75) is 13.0 Å². The molecule has 0 atom stereocenters. The Kier molecular flexibility index (Phi) is 6.38. The molecule has 0 saturated carbocycles. The summed E-state index contributed by atoms with van der Waals surface area (Å²) in [6.07, 6.45) is 0.585. The third-order valence-electron chi connectivity index (χ3n) is 3.26. The normalized spacial score (nSPS) is 11.5. The number of guanidine groups is 1. The topological polar surface area (TPSA) is 59.6 Å². The summed E-state index contributed by atoms with van der Waals surface area (Å²) in [6.45, 7) is 0.943. The van der Waals surface area contributed by atoms with E-state index in [0.29, 0.717) is 30.6 Å². The van der Waals surface area contributed by atoms with Crippen LogP contribution < -0.4 is 11.1 Å². The van der Waals surface area contributed by atoms with Crippen molar-refractivity contribution in [1.82, 2.24) is 0 Å². The lowest BCUT2D eigenvalue weighted by atomic mass is 10.1. The van der Waals surface area contributed by atoms with E-state index in [4.69, 9.17) is 22.1 Å². The second kappa shape index (κ2) is 8.50. The van der Waals surface area contributed by atoms with Gasteiger partial charge in [-0.25, -0.2) is 4.39 Å². The maximum Gasteiger partial charge on any atom is 0.193 e. The molecule has 6 heteroatoms. The fourth-order valence-corrected chi connectivity index (χ4v) is 2.38. The Hall–Kier alpha value is -2.11. The van der Waals surface area contributed by atoms with E-state index in [1.165, 1.54) is 12.1 Å². The van der Waals surface area contributed by atoms with Crippen LogP contribution in [0.2, 0.25) is 5.02 Å². The van der Waals surface area contributed by atoms with E-state index in [2.05, 4.69) is 10.3 Å². The van der Waals surface area contributed by atoms with Gasteiger partial charge in [0, 0.05) is 29.9 Å². The van der Waals surface area contributed by atoms with Crippen molar-refractivity contribution in [2.24, 2.45) is 10.7 Å². The lowest BCUT2D eigenvalue weighted by Gasteiger charge is -2.11. The van der Waals surface area contributed by atoms with Gasteiger partial charge in [0.05, 0.1) is 6.61 Å². The van der Waals surface area contributed by atoms with E-state index in [9.17, 15) is 4.39 Å². The van der Waals surface area contributed by atoms with Gasteiger partial charge in [-0.3, -0.25) is 4.99 Å². The zero-order valence-electron chi connectivity index (χ0n) is 12.9. The summed E-state index contributed by atoms with van der Waals surface area (Å²) in [5, 5.41) is 3.46. The predicted octanol–water partition coefficient (Wildman–Crippen LogP) is 3.59. The number of hydrogen-bond acceptors (Lipinski definition) is 2. The molecule has 23 heavy (non-hydrogen) atoms. The van der Waals surface area contributed by atoms with Crippen LogP contribution in [0.3, 0.4) is 0 Å². The van der Waals surface area contributed by atoms with E-state index < -0.39 is 0 Å². The number of para-hydroxylation sites is 1. The van der Waals surface area contributed by atoms with Crippen LogP contribution in [0.25, 0.3) is 0 Å². The number of aliphatic imine (C=N–C) groups is 1. The van der Waals surface area contributed by atoms with Crippen molar-refractivity contribution < 1.29 is 9.13 Å². The molecule has 0 heterocycles. The summed E-state index contributed by atoms with van der Waals surface area (Å²) in [6, 6.07) is 12.0. The quantitative estimate of drug-likeness (QED) is 0.626. The van der Waals surface area contributed by atoms with Crippen LogP contribution in [0, 0.1) is 5.82 Å². The molecule has 0 bridgehead atoms. The molecule has 3 N–H and O–H groups in total. The van der Waals surface area contributed by atoms with Gasteiger partial charge in [0.2, 0.25) is 0 Å². The Labute approximate surface area is 140 Å². The first kappa shape index (κ1) is 17.2. The first-order valence-corrected chi connectivity index (χ1v) is 7.55. The second-order valence-electron chi connectivity index (χ2n) is 4.97. The molecule has 2 aromatic carbocycles. The lowest BCUT2D eigenvalue weighted by Crippen LogP contribution is -2.23. The number of methoxy groups -OCH3 is 1. The smallest absolute Gasteiger partial charge is 0.193 e. The number of ether oxygens (including phenoxy) is 1. The fraction of sp³-hybridized carbons (Fsp3) is 0.235. The summed E-state index contributed by atoms with van der Waals surface area (Å²) >= 11 is 5.98. The maximum atomic E-state index is 13.0. The van der Waals surface area contributed by atoms with Gasteiger partial charge < -0.3 is 15.8 Å². The average molecular weight is 336 g/mol. The molecular weight excluding hydrogens is 317 g/mol. The van der Waals surface area contributed by atoms with Crippen LogP contribution in [0.4, 0.5) is 10.1 Å². The van der Waals surface area contributed by atoms with Crippen molar-refractivity contribution in [3.8, 4) is 0 Å². The summed E-state index contributed by atoms with van der Waals surface area (Å²) in [7, 11) is 1.64. The SMILES string of the molecule is COCc1ccccc1NC(N)=NCCc1ccc(F)cc1Cl. The number of hydrogen-bond donors (Lipinski definition) is 2. The van der Waals surface area contributed by atoms with Crippen LogP contribution in [-0.2, 0) is 17.8 Å². The highest BCUT2D eigenvalue weighted by molar-refractivity contribution is 6.31. The van der Waals surface area contributed by atoms with E-state index in [0.717, 1.165) is 16.8 Å². The molecule has 0 aromatic heterocycles. The van der Waals surface area contributed by atoms with E-state index >= 15 is 0 Å². The van der Waals surface area contributed by atoms with Gasteiger partial charge in [-0.2, -0.15) is 0 Å². The lowest BCUT2D eigenvalue weighted by molar-refractivity contribution is 0.185. The zero-order chi connectivity index (χ0) is 16.7. The molecule has 2 rings (SSSR count). The number of nitrogens with one attached hydrogen (secondary N) is 1. The van der Waals surface area contributed by atoms with E-state index in [-0.39, 0.29) is 5.82 Å². The summed E-state index contributed by atoms with van der Waals surface area (Å²) < 4.78 is 18.1. The van der Waals surface area contributed by atoms with Crippen molar-refractivity contribution in [3.63, 3.8) is 0 Å². The molecule has 0 radical (unpaired) electrons. The van der Waals surface area contributed by atoms with Crippen LogP contribution in [0.5, 0.6) is 0 Å². The fourth-order valence-electron chi connectivity index (χ4n) is 2.12. The third-order valence-corrected chi connectivity index (χ3v) is 3.61. The highest BCUT2D eigenvalue weighted by Crippen LogP contribution is 2.18. The molecule has 2 aromatic rings. The van der Waals surface area contributed by atoms with Crippen LogP contribution >= 0.6 is 11.6 Å². The molecule has 122 valence electrons. The summed E-state index contributed by atoms with van der Waals surface area (Å²) in [4.78, 5) is 4.27. The minimum absolute atomic E-state index is 0.312. The highest BCUT2D eigenvalue weighted by atomic mass is 35.5. The van der Waals surface area contributed by atoms with Gasteiger partial charge >= 0.3 is 0 Å². The highest BCUT2D eigenvalue weighted by Gasteiger charge is 2.04. The van der Waals surface area contributed by atoms with Crippen LogP contribution in [0.15, 0.2) is 47.5 Å². The molecule has 0 amide bonds. The Morgan fingerprint density at radius 2 is 2.04 bits per heavy atom. The number of benzene rings is 2. The molecule has 0 aliphatic heterocycles. The van der Waals surface area contributed by atoms with Crippen molar-refractivity contribution in [2.75, 3.05) is 19.0 Å². The standard InChI is InChI=1S/C17H19ClFN3O/c1-23-11-13-4-2-3-5-16(13)22-17(20)21-9-8-12-6-7-14(19)10-15(12)18/h2-7,10H,8-9,11H2,1H3,(H3,20,21,22). The molecule has 0 fully saturated rings. The van der Waals surface area contributed by atoms with Gasteiger partial charge in [0.25, 0.3) is 0 Å². The number of nitrogens with zero attached hydrogens (tertiary/aromatic N) is 1. The first-order chi connectivity index (χ1) is 11.1.